The standard InChI is InChI=1S/C27H24ClF3N3O4.ClH/c1-34(2,3)16-17-4-6-19(7-5-17)25(35)37-23-13-12-22(28)14-20(23)15-33-26(36)38-24(32-33)18-8-10-21(11-9-18)27(29,30)31;/h4-14H,15-16H2,1-3H3;1H/q+1;/p-1. The van der Waals surface area contributed by atoms with Gasteiger partial charge in [0.05, 0.1) is 38.8 Å². The predicted molar refractivity (Wildman–Crippen MR) is 135 cm³/mol. The summed E-state index contributed by atoms with van der Waals surface area (Å²) in [6, 6.07) is 15.7. The number of hydrogen-bond acceptors (Lipinski definition) is 5. The number of ether oxygens (including phenoxy) is 1. The van der Waals surface area contributed by atoms with E-state index in [0.29, 0.717) is 16.1 Å². The van der Waals surface area contributed by atoms with Crippen LogP contribution in [0.25, 0.3) is 11.5 Å². The normalized spacial score (nSPS) is 11.7. The van der Waals surface area contributed by atoms with Crippen molar-refractivity contribution in [3.05, 3.63) is 105 Å². The quantitative estimate of drug-likeness (QED) is 0.191. The van der Waals surface area contributed by atoms with Crippen molar-refractivity contribution < 1.29 is 44.0 Å². The van der Waals surface area contributed by atoms with Crippen molar-refractivity contribution in [3.63, 3.8) is 0 Å². The first-order valence-corrected chi connectivity index (χ1v) is 11.8. The lowest BCUT2D eigenvalue weighted by Gasteiger charge is -2.23. The zero-order valence-electron chi connectivity index (χ0n) is 21.1. The summed E-state index contributed by atoms with van der Waals surface area (Å²) in [4.78, 5) is 25.2. The molecule has 7 nitrogen and oxygen atoms in total. The molecular weight excluding hydrogens is 558 g/mol. The van der Waals surface area contributed by atoms with Crippen LogP contribution in [-0.4, -0.2) is 41.4 Å². The lowest BCUT2D eigenvalue weighted by molar-refractivity contribution is -0.884. The Kier molecular flexibility index (Phi) is 8.94. The molecule has 0 radical (unpaired) electrons. The molecule has 0 aliphatic rings. The van der Waals surface area contributed by atoms with Crippen molar-refractivity contribution in [1.29, 1.82) is 0 Å². The SMILES string of the molecule is C[N+](C)(C)Cc1ccc(C(=O)Oc2ccc(Cl)cc2Cn2nc(-c3ccc(C(F)(F)F)cc3)oc2=O)cc1.[Cl-]. The molecule has 4 aromatic rings. The van der Waals surface area contributed by atoms with E-state index in [1.807, 2.05) is 12.1 Å². The highest BCUT2D eigenvalue weighted by Gasteiger charge is 2.30. The predicted octanol–water partition coefficient (Wildman–Crippen LogP) is 2.65. The average molecular weight is 582 g/mol. The first kappa shape index (κ1) is 29.9. The molecular formula is C27H24Cl2F3N3O4. The number of nitrogens with zero attached hydrogens (tertiary/aromatic N) is 3. The van der Waals surface area contributed by atoms with Crippen LogP contribution in [0.5, 0.6) is 5.75 Å². The largest absolute Gasteiger partial charge is 1.00 e. The fraction of sp³-hybridized carbons (Fsp3) is 0.222. The van der Waals surface area contributed by atoms with Gasteiger partial charge in [-0.2, -0.15) is 17.9 Å². The Hall–Kier alpha value is -3.60. The monoisotopic (exact) mass is 581 g/mol. The van der Waals surface area contributed by atoms with Gasteiger partial charge in [0.1, 0.15) is 12.3 Å². The van der Waals surface area contributed by atoms with Gasteiger partial charge in [-0.15, -0.1) is 5.10 Å². The van der Waals surface area contributed by atoms with E-state index < -0.39 is 23.5 Å². The van der Waals surface area contributed by atoms with E-state index in [9.17, 15) is 22.8 Å². The van der Waals surface area contributed by atoms with Crippen LogP contribution in [0, 0.1) is 0 Å². The Labute approximate surface area is 233 Å². The average Bonchev–Trinajstić information content (AvgIpc) is 3.20. The minimum absolute atomic E-state index is 0. The molecule has 12 heteroatoms. The number of hydrogen-bond donors (Lipinski definition) is 0. The van der Waals surface area contributed by atoms with Crippen LogP contribution in [0.4, 0.5) is 13.2 Å². The van der Waals surface area contributed by atoms with E-state index in [2.05, 4.69) is 26.2 Å². The number of aromatic nitrogens is 2. The maximum atomic E-state index is 12.8. The minimum Gasteiger partial charge on any atom is -1.00 e. The molecule has 0 saturated carbocycles. The van der Waals surface area contributed by atoms with Gasteiger partial charge in [0.15, 0.2) is 0 Å². The molecule has 39 heavy (non-hydrogen) atoms. The lowest BCUT2D eigenvalue weighted by atomic mass is 10.1. The van der Waals surface area contributed by atoms with E-state index >= 15 is 0 Å². The summed E-state index contributed by atoms with van der Waals surface area (Å²) in [6.45, 7) is 0.631. The molecule has 0 unspecified atom stereocenters. The Morgan fingerprint density at radius 1 is 1.03 bits per heavy atom. The molecule has 0 saturated heterocycles. The van der Waals surface area contributed by atoms with Gasteiger partial charge < -0.3 is 26.0 Å². The van der Waals surface area contributed by atoms with Crippen molar-refractivity contribution in [2.24, 2.45) is 0 Å². The highest BCUT2D eigenvalue weighted by atomic mass is 35.5. The van der Waals surface area contributed by atoms with Gasteiger partial charge >= 0.3 is 17.9 Å². The van der Waals surface area contributed by atoms with Gasteiger partial charge in [-0.05, 0) is 54.6 Å². The Morgan fingerprint density at radius 2 is 1.67 bits per heavy atom. The molecule has 0 aliphatic carbocycles. The highest BCUT2D eigenvalue weighted by molar-refractivity contribution is 6.30. The van der Waals surface area contributed by atoms with Crippen LogP contribution in [-0.2, 0) is 19.3 Å². The second kappa shape index (κ2) is 11.6. The summed E-state index contributed by atoms with van der Waals surface area (Å²) in [7, 11) is 6.20. The van der Waals surface area contributed by atoms with Crippen molar-refractivity contribution in [3.8, 4) is 17.2 Å². The number of alkyl halides is 3. The molecule has 0 spiro atoms. The second-order valence-corrected chi connectivity index (χ2v) is 10.1. The summed E-state index contributed by atoms with van der Waals surface area (Å²) >= 11 is 6.13. The third-order valence-corrected chi connectivity index (χ3v) is 5.69. The molecule has 1 aromatic heterocycles. The highest BCUT2D eigenvalue weighted by Crippen LogP contribution is 2.30. The topological polar surface area (TPSA) is 74.3 Å². The number of halogens is 5. The van der Waals surface area contributed by atoms with Gasteiger partial charge in [-0.1, -0.05) is 23.7 Å². The zero-order chi connectivity index (χ0) is 27.7. The summed E-state index contributed by atoms with van der Waals surface area (Å²) < 4.78 is 50.9. The Balaban J connectivity index is 0.00000420. The fourth-order valence-electron chi connectivity index (χ4n) is 3.71. The number of carbonyl (C=O) groups excluding carboxylic acids is 1. The Bertz CT molecular complexity index is 1510. The van der Waals surface area contributed by atoms with Crippen molar-refractivity contribution in [2.45, 2.75) is 19.3 Å². The molecule has 0 atom stereocenters. The third-order valence-electron chi connectivity index (χ3n) is 5.46. The van der Waals surface area contributed by atoms with Crippen molar-refractivity contribution in [1.82, 2.24) is 9.78 Å². The molecule has 0 bridgehead atoms. The maximum Gasteiger partial charge on any atom is 0.437 e. The number of carbonyl (C=O) groups is 1. The molecule has 3 aromatic carbocycles. The fourth-order valence-corrected chi connectivity index (χ4v) is 3.90. The maximum absolute atomic E-state index is 12.8. The van der Waals surface area contributed by atoms with Gasteiger partial charge in [-0.3, -0.25) is 0 Å². The van der Waals surface area contributed by atoms with Crippen LogP contribution in [0.2, 0.25) is 5.02 Å². The van der Waals surface area contributed by atoms with Crippen LogP contribution in [0.3, 0.4) is 0 Å². The van der Waals surface area contributed by atoms with E-state index in [-0.39, 0.29) is 36.2 Å². The molecule has 206 valence electrons. The van der Waals surface area contributed by atoms with Gasteiger partial charge in [0, 0.05) is 21.7 Å². The smallest absolute Gasteiger partial charge is 0.437 e. The minimum atomic E-state index is -4.49. The molecule has 0 aliphatic heterocycles. The molecule has 0 fully saturated rings. The van der Waals surface area contributed by atoms with Gasteiger partial charge in [-0.25, -0.2) is 9.59 Å². The zero-order valence-corrected chi connectivity index (χ0v) is 22.6. The number of quaternary nitrogens is 1. The van der Waals surface area contributed by atoms with E-state index in [4.69, 9.17) is 20.8 Å². The van der Waals surface area contributed by atoms with Crippen molar-refractivity contribution >= 4 is 17.6 Å². The third kappa shape index (κ3) is 7.72. The van der Waals surface area contributed by atoms with Gasteiger partial charge in [0.25, 0.3) is 0 Å². The number of benzene rings is 3. The van der Waals surface area contributed by atoms with Crippen molar-refractivity contribution in [2.75, 3.05) is 21.1 Å². The number of esters is 1. The Morgan fingerprint density at radius 3 is 2.26 bits per heavy atom. The van der Waals surface area contributed by atoms with Gasteiger partial charge in [0.2, 0.25) is 5.89 Å². The molecule has 0 amide bonds. The first-order chi connectivity index (χ1) is 17.8. The molecule has 0 N–H and O–H groups in total. The van der Waals surface area contributed by atoms with E-state index in [0.717, 1.165) is 45.5 Å². The van der Waals surface area contributed by atoms with E-state index in [1.165, 1.54) is 18.2 Å². The second-order valence-electron chi connectivity index (χ2n) is 9.69. The summed E-state index contributed by atoms with van der Waals surface area (Å²) in [5.41, 5.74) is 1.15. The summed E-state index contributed by atoms with van der Waals surface area (Å²) in [5, 5.41) is 4.42. The van der Waals surface area contributed by atoms with Crippen LogP contribution >= 0.6 is 11.6 Å². The number of rotatable bonds is 7. The van der Waals surface area contributed by atoms with Crippen LogP contribution < -0.4 is 22.9 Å². The molecule has 4 rings (SSSR count). The first-order valence-electron chi connectivity index (χ1n) is 11.4. The van der Waals surface area contributed by atoms with E-state index in [1.54, 1.807) is 12.1 Å². The van der Waals surface area contributed by atoms with Crippen LogP contribution in [0.15, 0.2) is 75.9 Å². The van der Waals surface area contributed by atoms with Crippen LogP contribution in [0.1, 0.15) is 27.0 Å². The molecule has 1 heterocycles. The summed E-state index contributed by atoms with van der Waals surface area (Å²) in [5.74, 6) is -1.42. The lowest BCUT2D eigenvalue weighted by Crippen LogP contribution is -3.00. The summed E-state index contributed by atoms with van der Waals surface area (Å²) in [6.07, 6.45) is -4.49.